The van der Waals surface area contributed by atoms with Gasteiger partial charge in [-0.3, -0.25) is 14.9 Å². The first-order chi connectivity index (χ1) is 15.0. The van der Waals surface area contributed by atoms with Crippen LogP contribution in [0.3, 0.4) is 0 Å². The standard InChI is InChI=1S/C25H19ClN2O3/c26-17-13-21-19-7-4-8-20(19)23(15-9-11-18(12-10-15)28(30)31)27-24(21)22(14-17)25(29)16-5-2-1-3-6-16/h1-7,9-14,19-20,23,27H,8H2/t19-,20-,23-/m1/s1. The molecule has 3 aromatic carbocycles. The number of anilines is 1. The Kier molecular flexibility index (Phi) is 4.83. The number of nitro groups is 1. The molecule has 5 rings (SSSR count). The molecule has 3 atom stereocenters. The molecule has 154 valence electrons. The highest BCUT2D eigenvalue weighted by Crippen LogP contribution is 2.51. The molecule has 31 heavy (non-hydrogen) atoms. The molecule has 0 spiro atoms. The maximum Gasteiger partial charge on any atom is 0.269 e. The van der Waals surface area contributed by atoms with Gasteiger partial charge in [0.05, 0.1) is 11.0 Å². The molecule has 5 nitrogen and oxygen atoms in total. The number of hydrogen-bond acceptors (Lipinski definition) is 4. The van der Waals surface area contributed by atoms with Gasteiger partial charge in [0.15, 0.2) is 5.78 Å². The van der Waals surface area contributed by atoms with Gasteiger partial charge < -0.3 is 5.32 Å². The number of nitro benzene ring substituents is 1. The van der Waals surface area contributed by atoms with Crippen LogP contribution in [-0.2, 0) is 0 Å². The third kappa shape index (κ3) is 3.41. The van der Waals surface area contributed by atoms with Gasteiger partial charge in [0.2, 0.25) is 0 Å². The molecule has 0 unspecified atom stereocenters. The van der Waals surface area contributed by atoms with E-state index in [0.717, 1.165) is 23.2 Å². The molecule has 0 fully saturated rings. The molecule has 0 radical (unpaired) electrons. The monoisotopic (exact) mass is 430 g/mol. The summed E-state index contributed by atoms with van der Waals surface area (Å²) >= 11 is 6.44. The van der Waals surface area contributed by atoms with Crippen molar-refractivity contribution in [3.05, 3.63) is 116 Å². The summed E-state index contributed by atoms with van der Waals surface area (Å²) in [5.41, 5.74) is 3.97. The highest BCUT2D eigenvalue weighted by Gasteiger charge is 2.39. The minimum absolute atomic E-state index is 0.0628. The van der Waals surface area contributed by atoms with E-state index in [1.54, 1.807) is 30.3 Å². The van der Waals surface area contributed by atoms with Gasteiger partial charge in [0.25, 0.3) is 5.69 Å². The lowest BCUT2D eigenvalue weighted by atomic mass is 9.76. The number of fused-ring (bicyclic) bond motifs is 3. The first-order valence-corrected chi connectivity index (χ1v) is 10.5. The highest BCUT2D eigenvalue weighted by atomic mass is 35.5. The third-order valence-electron chi connectivity index (χ3n) is 6.18. The van der Waals surface area contributed by atoms with Crippen molar-refractivity contribution in [1.29, 1.82) is 0 Å². The Morgan fingerprint density at radius 1 is 1.06 bits per heavy atom. The van der Waals surface area contributed by atoms with Crippen LogP contribution in [0.4, 0.5) is 11.4 Å². The predicted molar refractivity (Wildman–Crippen MR) is 121 cm³/mol. The van der Waals surface area contributed by atoms with Gasteiger partial charge in [0, 0.05) is 39.9 Å². The predicted octanol–water partition coefficient (Wildman–Crippen LogP) is 6.31. The smallest absolute Gasteiger partial charge is 0.269 e. The van der Waals surface area contributed by atoms with Crippen molar-refractivity contribution < 1.29 is 9.72 Å². The lowest BCUT2D eigenvalue weighted by Crippen LogP contribution is -2.30. The minimum Gasteiger partial charge on any atom is -0.377 e. The lowest BCUT2D eigenvalue weighted by Gasteiger charge is -2.38. The first kappa shape index (κ1) is 19.5. The van der Waals surface area contributed by atoms with Gasteiger partial charge >= 0.3 is 0 Å². The minimum atomic E-state index is -0.397. The van der Waals surface area contributed by atoms with Crippen LogP contribution in [0.1, 0.15) is 45.4 Å². The Morgan fingerprint density at radius 3 is 2.52 bits per heavy atom. The highest BCUT2D eigenvalue weighted by molar-refractivity contribution is 6.31. The topological polar surface area (TPSA) is 72.2 Å². The summed E-state index contributed by atoms with van der Waals surface area (Å²) in [6.45, 7) is 0. The van der Waals surface area contributed by atoms with E-state index in [1.165, 1.54) is 12.1 Å². The first-order valence-electron chi connectivity index (χ1n) is 10.1. The summed E-state index contributed by atoms with van der Waals surface area (Å²) in [4.78, 5) is 24.0. The number of allylic oxidation sites excluding steroid dienone is 2. The van der Waals surface area contributed by atoms with Crippen LogP contribution in [0.15, 0.2) is 78.9 Å². The Labute approximate surface area is 184 Å². The molecule has 1 aliphatic heterocycles. The molecule has 1 aliphatic carbocycles. The fourth-order valence-electron chi connectivity index (χ4n) is 4.72. The van der Waals surface area contributed by atoms with Crippen molar-refractivity contribution in [3.63, 3.8) is 0 Å². The van der Waals surface area contributed by atoms with Crippen molar-refractivity contribution in [2.75, 3.05) is 5.32 Å². The van der Waals surface area contributed by atoms with Crippen LogP contribution in [0.5, 0.6) is 0 Å². The van der Waals surface area contributed by atoms with Gasteiger partial charge in [-0.1, -0.05) is 66.2 Å². The zero-order valence-electron chi connectivity index (χ0n) is 16.5. The Balaban J connectivity index is 1.61. The number of hydrogen-bond donors (Lipinski definition) is 1. The average Bonchev–Trinajstić information content (AvgIpc) is 3.29. The lowest BCUT2D eigenvalue weighted by molar-refractivity contribution is -0.384. The number of rotatable bonds is 4. The zero-order valence-corrected chi connectivity index (χ0v) is 17.3. The van der Waals surface area contributed by atoms with Crippen LogP contribution in [0.25, 0.3) is 0 Å². The van der Waals surface area contributed by atoms with Crippen LogP contribution in [0.2, 0.25) is 5.02 Å². The van der Waals surface area contributed by atoms with Gasteiger partial charge in [-0.15, -0.1) is 0 Å². The van der Waals surface area contributed by atoms with E-state index in [9.17, 15) is 14.9 Å². The molecule has 3 aromatic rings. The van der Waals surface area contributed by atoms with Gasteiger partial charge in [-0.25, -0.2) is 0 Å². The molecular weight excluding hydrogens is 412 g/mol. The van der Waals surface area contributed by atoms with E-state index in [1.807, 2.05) is 24.3 Å². The molecular formula is C25H19ClN2O3. The molecule has 2 aliphatic rings. The maximum absolute atomic E-state index is 13.3. The summed E-state index contributed by atoms with van der Waals surface area (Å²) in [6, 6.07) is 19.4. The number of carbonyl (C=O) groups excluding carboxylic acids is 1. The molecule has 1 N–H and O–H groups in total. The van der Waals surface area contributed by atoms with E-state index in [-0.39, 0.29) is 29.3 Å². The van der Waals surface area contributed by atoms with E-state index >= 15 is 0 Å². The van der Waals surface area contributed by atoms with Crippen LogP contribution in [0, 0.1) is 16.0 Å². The van der Waals surface area contributed by atoms with E-state index in [0.29, 0.717) is 16.1 Å². The average molecular weight is 431 g/mol. The summed E-state index contributed by atoms with van der Waals surface area (Å²) in [5, 5.41) is 15.2. The normalized spacial score (nSPS) is 21.1. The number of carbonyl (C=O) groups is 1. The summed E-state index contributed by atoms with van der Waals surface area (Å²) in [7, 11) is 0. The van der Waals surface area contributed by atoms with Crippen LogP contribution < -0.4 is 5.32 Å². The van der Waals surface area contributed by atoms with E-state index in [2.05, 4.69) is 17.5 Å². The van der Waals surface area contributed by atoms with Crippen molar-refractivity contribution in [2.45, 2.75) is 18.4 Å². The van der Waals surface area contributed by atoms with Gasteiger partial charge in [0.1, 0.15) is 0 Å². The van der Waals surface area contributed by atoms with Crippen LogP contribution >= 0.6 is 11.6 Å². The second kappa shape index (κ2) is 7.67. The molecule has 0 bridgehead atoms. The second-order valence-corrected chi connectivity index (χ2v) is 8.37. The number of halogens is 1. The molecule has 0 saturated heterocycles. The summed E-state index contributed by atoms with van der Waals surface area (Å²) < 4.78 is 0. The summed E-state index contributed by atoms with van der Waals surface area (Å²) in [6.07, 6.45) is 5.22. The maximum atomic E-state index is 13.3. The molecule has 0 aromatic heterocycles. The fraction of sp³-hybridized carbons (Fsp3) is 0.160. The molecule has 1 heterocycles. The fourth-order valence-corrected chi connectivity index (χ4v) is 4.95. The third-order valence-corrected chi connectivity index (χ3v) is 6.40. The quantitative estimate of drug-likeness (QED) is 0.228. The number of nitrogens with zero attached hydrogens (tertiary/aromatic N) is 1. The summed E-state index contributed by atoms with van der Waals surface area (Å²) in [5.74, 6) is 0.277. The number of non-ortho nitro benzene ring substituents is 1. The number of benzene rings is 3. The van der Waals surface area contributed by atoms with E-state index < -0.39 is 4.92 Å². The largest absolute Gasteiger partial charge is 0.377 e. The number of nitrogens with one attached hydrogen (secondary N) is 1. The van der Waals surface area contributed by atoms with Crippen molar-refractivity contribution in [1.82, 2.24) is 0 Å². The van der Waals surface area contributed by atoms with Crippen molar-refractivity contribution >= 4 is 28.8 Å². The molecule has 6 heteroatoms. The van der Waals surface area contributed by atoms with E-state index in [4.69, 9.17) is 11.6 Å². The van der Waals surface area contributed by atoms with Crippen LogP contribution in [-0.4, -0.2) is 10.7 Å². The van der Waals surface area contributed by atoms with Gasteiger partial charge in [-0.05, 0) is 35.6 Å². The van der Waals surface area contributed by atoms with Gasteiger partial charge in [-0.2, -0.15) is 0 Å². The zero-order chi connectivity index (χ0) is 21.5. The van der Waals surface area contributed by atoms with Crippen molar-refractivity contribution in [2.24, 2.45) is 5.92 Å². The Bertz CT molecular complexity index is 1210. The second-order valence-electron chi connectivity index (χ2n) is 7.94. The SMILES string of the molecule is O=C(c1ccccc1)c1cc(Cl)cc2c1N[C@H](c1ccc([N+](=O)[O-])cc1)[C@@H]1CC=C[C@@H]21. The number of ketones is 1. The van der Waals surface area contributed by atoms with Crippen molar-refractivity contribution in [3.8, 4) is 0 Å². The molecule has 0 saturated carbocycles. The molecule has 0 amide bonds. The Morgan fingerprint density at radius 2 is 1.81 bits per heavy atom. The Hall–Kier alpha value is -3.44.